The van der Waals surface area contributed by atoms with E-state index in [4.69, 9.17) is 9.47 Å². The lowest BCUT2D eigenvalue weighted by molar-refractivity contribution is -0.212. The highest BCUT2D eigenvalue weighted by Gasteiger charge is 2.49. The molecule has 3 fully saturated rings. The Balaban J connectivity index is 1.72. The monoisotopic (exact) mass is 255 g/mol. The van der Waals surface area contributed by atoms with E-state index in [2.05, 4.69) is 11.8 Å². The standard InChI is InChI=1S/C14H25NO3/c1-2-6-15-7-4-13(16)11-10-14(5-3-12(11)15)17-8-9-18-14/h11-13,16H,2-10H2,1H3/t11-,12-,13-/m0/s1. The van der Waals surface area contributed by atoms with Crippen molar-refractivity contribution in [2.24, 2.45) is 5.92 Å². The number of nitrogens with zero attached hydrogens (tertiary/aromatic N) is 1. The number of fused-ring (bicyclic) bond motifs is 1. The molecule has 3 aliphatic rings. The van der Waals surface area contributed by atoms with Crippen molar-refractivity contribution >= 4 is 0 Å². The van der Waals surface area contributed by atoms with Gasteiger partial charge in [-0.2, -0.15) is 0 Å². The summed E-state index contributed by atoms with van der Waals surface area (Å²) in [4.78, 5) is 2.57. The first kappa shape index (κ1) is 12.9. The zero-order valence-electron chi connectivity index (χ0n) is 11.3. The van der Waals surface area contributed by atoms with Crippen LogP contribution in [0.1, 0.15) is 39.0 Å². The van der Waals surface area contributed by atoms with Crippen LogP contribution in [0.5, 0.6) is 0 Å². The summed E-state index contributed by atoms with van der Waals surface area (Å²) in [5.74, 6) is -0.0330. The Hall–Kier alpha value is -0.160. The van der Waals surface area contributed by atoms with E-state index < -0.39 is 0 Å². The molecule has 104 valence electrons. The van der Waals surface area contributed by atoms with Crippen LogP contribution < -0.4 is 0 Å². The molecule has 3 atom stereocenters. The van der Waals surface area contributed by atoms with Gasteiger partial charge in [0.1, 0.15) is 0 Å². The van der Waals surface area contributed by atoms with Gasteiger partial charge in [-0.3, -0.25) is 4.90 Å². The number of likely N-dealkylation sites (tertiary alicyclic amines) is 1. The van der Waals surface area contributed by atoms with Gasteiger partial charge >= 0.3 is 0 Å². The third kappa shape index (κ3) is 2.20. The molecule has 18 heavy (non-hydrogen) atoms. The molecule has 1 saturated carbocycles. The lowest BCUT2D eigenvalue weighted by Crippen LogP contribution is -2.57. The average Bonchev–Trinajstić information content (AvgIpc) is 2.82. The second kappa shape index (κ2) is 5.08. The minimum atomic E-state index is -0.364. The SMILES string of the molecule is CCCN1CC[C@H](O)[C@H]2CC3(CC[C@@H]21)OCCO3. The third-order valence-electron chi connectivity index (χ3n) is 4.86. The highest BCUT2D eigenvalue weighted by Crippen LogP contribution is 2.44. The van der Waals surface area contributed by atoms with Crippen LogP contribution in [0.4, 0.5) is 0 Å². The highest BCUT2D eigenvalue weighted by molar-refractivity contribution is 4.98. The molecule has 3 rings (SSSR count). The van der Waals surface area contributed by atoms with Gasteiger partial charge in [0.05, 0.1) is 19.3 Å². The number of hydrogen-bond donors (Lipinski definition) is 1. The number of aliphatic hydroxyl groups excluding tert-OH is 1. The van der Waals surface area contributed by atoms with Crippen molar-refractivity contribution in [1.82, 2.24) is 4.90 Å². The van der Waals surface area contributed by atoms with E-state index in [-0.39, 0.29) is 11.9 Å². The summed E-state index contributed by atoms with van der Waals surface area (Å²) in [6.07, 6.45) is 4.88. The number of rotatable bonds is 2. The smallest absolute Gasteiger partial charge is 0.168 e. The van der Waals surface area contributed by atoms with Crippen molar-refractivity contribution in [2.75, 3.05) is 26.3 Å². The maximum atomic E-state index is 10.3. The number of aliphatic hydroxyl groups is 1. The van der Waals surface area contributed by atoms with Gasteiger partial charge in [-0.1, -0.05) is 6.92 Å². The van der Waals surface area contributed by atoms with Crippen LogP contribution in [0.25, 0.3) is 0 Å². The summed E-state index contributed by atoms with van der Waals surface area (Å²) in [5.41, 5.74) is 0. The van der Waals surface area contributed by atoms with Gasteiger partial charge in [-0.15, -0.1) is 0 Å². The second-order valence-corrected chi connectivity index (χ2v) is 5.97. The predicted molar refractivity (Wildman–Crippen MR) is 68.3 cm³/mol. The summed E-state index contributed by atoms with van der Waals surface area (Å²) in [6.45, 7) is 5.86. The van der Waals surface area contributed by atoms with Crippen LogP contribution in [0, 0.1) is 5.92 Å². The first-order chi connectivity index (χ1) is 8.74. The van der Waals surface area contributed by atoms with Crippen LogP contribution in [0.15, 0.2) is 0 Å². The van der Waals surface area contributed by atoms with E-state index >= 15 is 0 Å². The van der Waals surface area contributed by atoms with Crippen molar-refractivity contribution in [3.63, 3.8) is 0 Å². The first-order valence-electron chi connectivity index (χ1n) is 7.44. The van der Waals surface area contributed by atoms with Crippen molar-refractivity contribution < 1.29 is 14.6 Å². The normalized spacial score (nSPS) is 40.0. The fraction of sp³-hybridized carbons (Fsp3) is 1.00. The van der Waals surface area contributed by atoms with E-state index in [0.717, 1.165) is 38.8 Å². The number of piperidine rings is 1. The van der Waals surface area contributed by atoms with Gasteiger partial charge in [0.15, 0.2) is 5.79 Å². The van der Waals surface area contributed by atoms with E-state index in [1.165, 1.54) is 6.42 Å². The van der Waals surface area contributed by atoms with E-state index in [1.807, 2.05) is 0 Å². The molecular formula is C14H25NO3. The van der Waals surface area contributed by atoms with Gasteiger partial charge in [0.2, 0.25) is 0 Å². The molecule has 4 nitrogen and oxygen atoms in total. The van der Waals surface area contributed by atoms with Crippen molar-refractivity contribution in [3.8, 4) is 0 Å². The Morgan fingerprint density at radius 3 is 2.78 bits per heavy atom. The third-order valence-corrected chi connectivity index (χ3v) is 4.86. The lowest BCUT2D eigenvalue weighted by Gasteiger charge is -2.50. The molecule has 0 aromatic rings. The molecule has 1 aliphatic carbocycles. The van der Waals surface area contributed by atoms with E-state index in [1.54, 1.807) is 0 Å². The number of hydrogen-bond acceptors (Lipinski definition) is 4. The van der Waals surface area contributed by atoms with Crippen LogP contribution >= 0.6 is 0 Å². The highest BCUT2D eigenvalue weighted by atomic mass is 16.7. The number of ether oxygens (including phenoxy) is 2. The molecule has 2 aliphatic heterocycles. The Morgan fingerprint density at radius 1 is 1.28 bits per heavy atom. The largest absolute Gasteiger partial charge is 0.393 e. The molecule has 0 unspecified atom stereocenters. The van der Waals surface area contributed by atoms with Gasteiger partial charge in [-0.05, 0) is 25.8 Å². The molecule has 4 heteroatoms. The molecule has 0 aromatic heterocycles. The fourth-order valence-electron chi connectivity index (χ4n) is 4.03. The Bertz CT molecular complexity index is 291. The Labute approximate surface area is 109 Å². The zero-order chi connectivity index (χ0) is 12.6. The second-order valence-electron chi connectivity index (χ2n) is 5.97. The first-order valence-corrected chi connectivity index (χ1v) is 7.44. The fourth-order valence-corrected chi connectivity index (χ4v) is 4.03. The van der Waals surface area contributed by atoms with Gasteiger partial charge in [-0.25, -0.2) is 0 Å². The summed E-state index contributed by atoms with van der Waals surface area (Å²) in [5, 5.41) is 10.3. The Morgan fingerprint density at radius 2 is 2.06 bits per heavy atom. The van der Waals surface area contributed by atoms with Crippen LogP contribution in [-0.4, -0.2) is 54.2 Å². The molecule has 1 spiro atoms. The van der Waals surface area contributed by atoms with Crippen molar-refractivity contribution in [1.29, 1.82) is 0 Å². The maximum absolute atomic E-state index is 10.3. The summed E-state index contributed by atoms with van der Waals surface area (Å²) < 4.78 is 11.6. The predicted octanol–water partition coefficient (Wildman–Crippen LogP) is 1.37. The molecule has 2 saturated heterocycles. The molecule has 0 radical (unpaired) electrons. The Kier molecular flexibility index (Phi) is 3.63. The van der Waals surface area contributed by atoms with E-state index in [9.17, 15) is 5.11 Å². The molecule has 2 heterocycles. The van der Waals surface area contributed by atoms with Crippen LogP contribution in [0.3, 0.4) is 0 Å². The topological polar surface area (TPSA) is 41.9 Å². The molecule has 1 N–H and O–H groups in total. The molecule has 0 bridgehead atoms. The summed E-state index contributed by atoms with van der Waals surface area (Å²) in [6, 6.07) is 0.534. The zero-order valence-corrected chi connectivity index (χ0v) is 11.3. The lowest BCUT2D eigenvalue weighted by atomic mass is 9.74. The van der Waals surface area contributed by atoms with Gasteiger partial charge in [0, 0.05) is 31.3 Å². The summed E-state index contributed by atoms with van der Waals surface area (Å²) >= 11 is 0. The molecule has 0 amide bonds. The quantitative estimate of drug-likeness (QED) is 0.809. The van der Waals surface area contributed by atoms with Crippen molar-refractivity contribution in [3.05, 3.63) is 0 Å². The minimum absolute atomic E-state index is 0.173. The van der Waals surface area contributed by atoms with Gasteiger partial charge in [0.25, 0.3) is 0 Å². The van der Waals surface area contributed by atoms with Gasteiger partial charge < -0.3 is 14.6 Å². The molecular weight excluding hydrogens is 230 g/mol. The minimum Gasteiger partial charge on any atom is -0.393 e. The average molecular weight is 255 g/mol. The summed E-state index contributed by atoms with van der Waals surface area (Å²) in [7, 11) is 0. The molecule has 0 aromatic carbocycles. The van der Waals surface area contributed by atoms with Crippen LogP contribution in [-0.2, 0) is 9.47 Å². The van der Waals surface area contributed by atoms with E-state index in [0.29, 0.717) is 25.2 Å². The van der Waals surface area contributed by atoms with Crippen LogP contribution in [0.2, 0.25) is 0 Å². The van der Waals surface area contributed by atoms with Crippen molar-refractivity contribution in [2.45, 2.75) is 57.0 Å². The maximum Gasteiger partial charge on any atom is 0.168 e.